The molecule has 21 heavy (non-hydrogen) atoms. The first-order valence-electron chi connectivity index (χ1n) is 6.74. The van der Waals surface area contributed by atoms with Crippen molar-refractivity contribution in [3.8, 4) is 5.75 Å². The molecular weight excluding hydrogens is 272 g/mol. The minimum Gasteiger partial charge on any atom is -0.488 e. The van der Waals surface area contributed by atoms with Crippen LogP contribution < -0.4 is 10.4 Å². The molecule has 2 N–H and O–H groups in total. The van der Waals surface area contributed by atoms with Crippen molar-refractivity contribution >= 4 is 5.91 Å². The van der Waals surface area contributed by atoms with E-state index in [4.69, 9.17) is 4.74 Å². The zero-order valence-corrected chi connectivity index (χ0v) is 11.6. The summed E-state index contributed by atoms with van der Waals surface area (Å²) in [6.45, 7) is 0.502. The Morgan fingerprint density at radius 3 is 3.00 bits per heavy atom. The Morgan fingerprint density at radius 2 is 2.29 bits per heavy atom. The van der Waals surface area contributed by atoms with Crippen molar-refractivity contribution in [2.24, 2.45) is 0 Å². The van der Waals surface area contributed by atoms with E-state index in [2.05, 4.69) is 15.2 Å². The van der Waals surface area contributed by atoms with E-state index in [1.807, 2.05) is 24.3 Å². The number of para-hydroxylation sites is 1. The first-order valence-corrected chi connectivity index (χ1v) is 6.74. The smallest absolute Gasteiger partial charge is 0.340 e. The molecule has 0 fully saturated rings. The van der Waals surface area contributed by atoms with Gasteiger partial charge in [-0.25, -0.2) is 9.89 Å². The largest absolute Gasteiger partial charge is 0.488 e. The molecule has 0 saturated carbocycles. The van der Waals surface area contributed by atoms with E-state index in [0.717, 1.165) is 12.2 Å². The Kier molecular flexibility index (Phi) is 3.47. The molecule has 1 aliphatic heterocycles. The molecule has 0 unspecified atom stereocenters. The molecule has 1 atom stereocenters. The van der Waals surface area contributed by atoms with Crippen molar-refractivity contribution in [2.75, 3.05) is 13.6 Å². The summed E-state index contributed by atoms with van der Waals surface area (Å²) in [6.07, 6.45) is 0.830. The average molecular weight is 288 g/mol. The van der Waals surface area contributed by atoms with Crippen molar-refractivity contribution in [2.45, 2.75) is 18.9 Å². The second-order valence-corrected chi connectivity index (χ2v) is 5.13. The number of aromatic nitrogens is 3. The molecule has 1 aromatic carbocycles. The summed E-state index contributed by atoms with van der Waals surface area (Å²) in [5.74, 6) is 1.12. The molecule has 0 bridgehead atoms. The number of hydrogen-bond acceptors (Lipinski definition) is 4. The lowest BCUT2D eigenvalue weighted by atomic mass is 10.1. The van der Waals surface area contributed by atoms with Crippen LogP contribution in [0, 0.1) is 0 Å². The summed E-state index contributed by atoms with van der Waals surface area (Å²) in [7, 11) is 1.72. The van der Waals surface area contributed by atoms with Crippen LogP contribution in [0.5, 0.6) is 5.75 Å². The summed E-state index contributed by atoms with van der Waals surface area (Å²) in [6, 6.07) is 7.88. The normalized spacial score (nSPS) is 16.3. The van der Waals surface area contributed by atoms with Crippen molar-refractivity contribution < 1.29 is 9.53 Å². The van der Waals surface area contributed by atoms with Gasteiger partial charge in [0.1, 0.15) is 17.7 Å². The van der Waals surface area contributed by atoms with Crippen LogP contribution in [0.1, 0.15) is 11.4 Å². The average Bonchev–Trinajstić information content (AvgIpc) is 3.04. The van der Waals surface area contributed by atoms with Gasteiger partial charge < -0.3 is 9.64 Å². The highest BCUT2D eigenvalue weighted by Gasteiger charge is 2.25. The monoisotopic (exact) mass is 288 g/mol. The van der Waals surface area contributed by atoms with Gasteiger partial charge in [0.05, 0.1) is 13.0 Å². The molecule has 7 heteroatoms. The van der Waals surface area contributed by atoms with Crippen LogP contribution >= 0.6 is 0 Å². The van der Waals surface area contributed by atoms with Gasteiger partial charge in [-0.15, -0.1) is 0 Å². The third-order valence-corrected chi connectivity index (χ3v) is 3.49. The number of carbonyl (C=O) groups excluding carboxylic acids is 1. The minimum absolute atomic E-state index is 0.0328. The number of nitrogens with one attached hydrogen (secondary N) is 2. The van der Waals surface area contributed by atoms with Gasteiger partial charge in [-0.3, -0.25) is 9.78 Å². The molecule has 0 aliphatic carbocycles. The van der Waals surface area contributed by atoms with E-state index in [9.17, 15) is 9.59 Å². The van der Waals surface area contributed by atoms with Crippen molar-refractivity contribution in [1.29, 1.82) is 0 Å². The second-order valence-electron chi connectivity index (χ2n) is 5.13. The zero-order chi connectivity index (χ0) is 14.8. The quantitative estimate of drug-likeness (QED) is 0.835. The molecule has 0 spiro atoms. The maximum absolute atomic E-state index is 12.1. The fourth-order valence-corrected chi connectivity index (χ4v) is 2.43. The number of likely N-dealkylation sites (N-methyl/N-ethyl adjacent to an activating group) is 1. The Hall–Kier alpha value is -2.57. The molecule has 1 amide bonds. The van der Waals surface area contributed by atoms with Gasteiger partial charge in [-0.2, -0.15) is 5.10 Å². The third-order valence-electron chi connectivity index (χ3n) is 3.49. The second kappa shape index (κ2) is 5.43. The van der Waals surface area contributed by atoms with Gasteiger partial charge in [-0.1, -0.05) is 18.2 Å². The molecule has 2 heterocycles. The molecule has 3 rings (SSSR count). The fraction of sp³-hybridized carbons (Fsp3) is 0.357. The van der Waals surface area contributed by atoms with Crippen molar-refractivity contribution in [1.82, 2.24) is 20.1 Å². The van der Waals surface area contributed by atoms with E-state index in [1.54, 1.807) is 11.9 Å². The number of nitrogens with zero attached hydrogens (tertiary/aromatic N) is 2. The maximum atomic E-state index is 12.1. The number of aromatic amines is 2. The van der Waals surface area contributed by atoms with E-state index in [1.165, 1.54) is 5.56 Å². The summed E-state index contributed by atoms with van der Waals surface area (Å²) in [5.41, 5.74) is 0.759. The lowest BCUT2D eigenvalue weighted by Crippen LogP contribution is -2.37. The molecular formula is C14H16N4O3. The lowest BCUT2D eigenvalue weighted by Gasteiger charge is -2.20. The number of H-pyrrole nitrogens is 2. The van der Waals surface area contributed by atoms with Gasteiger partial charge in [-0.05, 0) is 11.6 Å². The van der Waals surface area contributed by atoms with Gasteiger partial charge in [0.2, 0.25) is 5.91 Å². The number of fused-ring (bicyclic) bond motifs is 1. The number of carbonyl (C=O) groups is 1. The molecule has 1 aromatic heterocycles. The first kappa shape index (κ1) is 13.4. The Morgan fingerprint density at radius 1 is 1.48 bits per heavy atom. The number of hydrogen-bond donors (Lipinski definition) is 2. The summed E-state index contributed by atoms with van der Waals surface area (Å²) < 4.78 is 5.81. The van der Waals surface area contributed by atoms with E-state index in [0.29, 0.717) is 12.4 Å². The van der Waals surface area contributed by atoms with Crippen LogP contribution in [0.2, 0.25) is 0 Å². The molecule has 110 valence electrons. The molecule has 7 nitrogen and oxygen atoms in total. The predicted octanol–water partition coefficient (Wildman–Crippen LogP) is 0.103. The number of rotatable bonds is 4. The van der Waals surface area contributed by atoms with Crippen molar-refractivity contribution in [3.05, 3.63) is 46.1 Å². The minimum atomic E-state index is -0.407. The summed E-state index contributed by atoms with van der Waals surface area (Å²) in [4.78, 5) is 27.1. The maximum Gasteiger partial charge on any atom is 0.340 e. The summed E-state index contributed by atoms with van der Waals surface area (Å²) in [5, 5.41) is 5.97. The number of amides is 1. The van der Waals surface area contributed by atoms with Crippen LogP contribution in [0.25, 0.3) is 0 Å². The van der Waals surface area contributed by atoms with E-state index in [-0.39, 0.29) is 18.4 Å². The van der Waals surface area contributed by atoms with E-state index >= 15 is 0 Å². The predicted molar refractivity (Wildman–Crippen MR) is 75.1 cm³/mol. The number of ether oxygens (including phenoxy) is 1. The van der Waals surface area contributed by atoms with Crippen LogP contribution in [-0.4, -0.2) is 45.7 Å². The Bertz CT molecular complexity index is 681. The highest BCUT2D eigenvalue weighted by Crippen LogP contribution is 2.28. The van der Waals surface area contributed by atoms with Crippen LogP contribution in [-0.2, 0) is 17.6 Å². The number of benzene rings is 1. The molecule has 0 radical (unpaired) electrons. The van der Waals surface area contributed by atoms with Gasteiger partial charge in [0, 0.05) is 13.5 Å². The first-order chi connectivity index (χ1) is 10.1. The fourth-order valence-electron chi connectivity index (χ4n) is 2.43. The van der Waals surface area contributed by atoms with Crippen molar-refractivity contribution in [3.63, 3.8) is 0 Å². The Balaban J connectivity index is 1.56. The van der Waals surface area contributed by atoms with Crippen LogP contribution in [0.3, 0.4) is 0 Å². The zero-order valence-electron chi connectivity index (χ0n) is 11.6. The molecule has 0 saturated heterocycles. The Labute approximate surface area is 120 Å². The summed E-state index contributed by atoms with van der Waals surface area (Å²) >= 11 is 0. The van der Waals surface area contributed by atoms with Gasteiger partial charge >= 0.3 is 5.69 Å². The highest BCUT2D eigenvalue weighted by molar-refractivity contribution is 5.77. The topological polar surface area (TPSA) is 91.1 Å². The SMILES string of the molecule is CN(C[C@H]1Cc2ccccc2O1)C(=O)Cc1n[nH]c(=O)[nH]1. The van der Waals surface area contributed by atoms with Crippen LogP contribution in [0.15, 0.2) is 29.1 Å². The third kappa shape index (κ3) is 2.96. The van der Waals surface area contributed by atoms with Crippen LogP contribution in [0.4, 0.5) is 0 Å². The standard InChI is InChI=1S/C14H16N4O3/c1-18(13(19)7-12-15-14(20)17-16-12)8-10-6-9-4-2-3-5-11(9)21-10/h2-5,10H,6-8H2,1H3,(H2,15,16,17,20)/t10-/m1/s1. The highest BCUT2D eigenvalue weighted by atomic mass is 16.5. The molecule has 1 aliphatic rings. The van der Waals surface area contributed by atoms with E-state index < -0.39 is 5.69 Å². The van der Waals surface area contributed by atoms with Gasteiger partial charge in [0.15, 0.2) is 0 Å². The van der Waals surface area contributed by atoms with Gasteiger partial charge in [0.25, 0.3) is 0 Å². The molecule has 2 aromatic rings. The lowest BCUT2D eigenvalue weighted by molar-refractivity contribution is -0.130.